The zero-order valence-electron chi connectivity index (χ0n) is 9.86. The van der Waals surface area contributed by atoms with Crippen LogP contribution in [0.5, 0.6) is 0 Å². The van der Waals surface area contributed by atoms with Crippen molar-refractivity contribution in [1.82, 2.24) is 15.0 Å². The van der Waals surface area contributed by atoms with Crippen molar-refractivity contribution in [2.45, 2.75) is 39.2 Å². The number of nitrogens with zero attached hydrogens (tertiary/aromatic N) is 3. The normalized spacial score (nSPS) is 34.6. The molecule has 1 N–H and O–H groups in total. The summed E-state index contributed by atoms with van der Waals surface area (Å²) in [6.07, 6.45) is 3.50. The van der Waals surface area contributed by atoms with Gasteiger partial charge in [0.2, 0.25) is 0 Å². The average Bonchev–Trinajstić information content (AvgIpc) is 2.56. The SMILES string of the molecule is CC1CC(C)(C)CC1(O)c1cnnn1C. The standard InChI is InChI=1S/C11H19N3O/c1-8-5-10(2,3)7-11(8,15)9-6-12-13-14(9)4/h6,8,15H,5,7H2,1-4H3. The van der Waals surface area contributed by atoms with E-state index in [0.29, 0.717) is 0 Å². The molecular formula is C11H19N3O. The van der Waals surface area contributed by atoms with Crippen LogP contribution >= 0.6 is 0 Å². The summed E-state index contributed by atoms with van der Waals surface area (Å²) in [7, 11) is 1.83. The lowest BCUT2D eigenvalue weighted by Gasteiger charge is -2.27. The third-order valence-corrected chi connectivity index (χ3v) is 3.58. The van der Waals surface area contributed by atoms with E-state index in [0.717, 1.165) is 18.5 Å². The highest BCUT2D eigenvalue weighted by Crippen LogP contribution is 2.52. The summed E-state index contributed by atoms with van der Waals surface area (Å²) in [5.41, 5.74) is 0.265. The van der Waals surface area contributed by atoms with Crippen molar-refractivity contribution in [3.05, 3.63) is 11.9 Å². The maximum Gasteiger partial charge on any atom is 0.111 e. The van der Waals surface area contributed by atoms with Crippen molar-refractivity contribution in [2.24, 2.45) is 18.4 Å². The molecule has 1 saturated carbocycles. The highest BCUT2D eigenvalue weighted by molar-refractivity contribution is 5.14. The van der Waals surface area contributed by atoms with Crippen LogP contribution in [-0.4, -0.2) is 20.1 Å². The molecule has 2 unspecified atom stereocenters. The number of aliphatic hydroxyl groups is 1. The summed E-state index contributed by atoms with van der Waals surface area (Å²) in [5.74, 6) is 0.254. The monoisotopic (exact) mass is 209 g/mol. The number of hydrogen-bond donors (Lipinski definition) is 1. The minimum atomic E-state index is -0.762. The number of aryl methyl sites for hydroxylation is 1. The molecule has 0 spiro atoms. The molecule has 0 amide bonds. The minimum Gasteiger partial charge on any atom is -0.383 e. The molecule has 2 atom stereocenters. The van der Waals surface area contributed by atoms with E-state index in [-0.39, 0.29) is 11.3 Å². The minimum absolute atomic E-state index is 0.193. The Balaban J connectivity index is 2.40. The lowest BCUT2D eigenvalue weighted by molar-refractivity contribution is -0.00839. The zero-order chi connectivity index (χ0) is 11.3. The lowest BCUT2D eigenvalue weighted by Crippen LogP contribution is -2.31. The molecule has 0 aromatic carbocycles. The van der Waals surface area contributed by atoms with Crippen molar-refractivity contribution in [2.75, 3.05) is 0 Å². The van der Waals surface area contributed by atoms with Crippen LogP contribution in [0.3, 0.4) is 0 Å². The molecule has 84 valence electrons. The van der Waals surface area contributed by atoms with Crippen LogP contribution < -0.4 is 0 Å². The molecule has 1 aliphatic carbocycles. The van der Waals surface area contributed by atoms with Crippen molar-refractivity contribution < 1.29 is 5.11 Å². The van der Waals surface area contributed by atoms with Crippen LogP contribution in [0.1, 0.15) is 39.3 Å². The quantitative estimate of drug-likeness (QED) is 0.761. The van der Waals surface area contributed by atoms with Gasteiger partial charge in [0.15, 0.2) is 0 Å². The maximum absolute atomic E-state index is 10.7. The summed E-state index contributed by atoms with van der Waals surface area (Å²) in [6, 6.07) is 0. The molecule has 1 fully saturated rings. The fraction of sp³-hybridized carbons (Fsp3) is 0.818. The molecule has 1 aliphatic rings. The molecule has 1 aromatic rings. The highest BCUT2D eigenvalue weighted by Gasteiger charge is 2.50. The van der Waals surface area contributed by atoms with Gasteiger partial charge in [-0.15, -0.1) is 5.10 Å². The van der Waals surface area contributed by atoms with Crippen LogP contribution in [0.15, 0.2) is 6.20 Å². The molecule has 0 saturated heterocycles. The number of hydrogen-bond acceptors (Lipinski definition) is 3. The Kier molecular flexibility index (Phi) is 2.15. The zero-order valence-corrected chi connectivity index (χ0v) is 9.86. The van der Waals surface area contributed by atoms with Gasteiger partial charge in [0.05, 0.1) is 11.9 Å². The summed E-state index contributed by atoms with van der Waals surface area (Å²) in [5, 5.41) is 18.5. The smallest absolute Gasteiger partial charge is 0.111 e. The van der Waals surface area contributed by atoms with Gasteiger partial charge in [0, 0.05) is 7.05 Å². The average molecular weight is 209 g/mol. The Hall–Kier alpha value is -0.900. The van der Waals surface area contributed by atoms with E-state index in [2.05, 4.69) is 31.1 Å². The van der Waals surface area contributed by atoms with Gasteiger partial charge in [-0.3, -0.25) is 0 Å². The maximum atomic E-state index is 10.7. The van der Waals surface area contributed by atoms with Crippen molar-refractivity contribution >= 4 is 0 Å². The summed E-state index contributed by atoms with van der Waals surface area (Å²) in [4.78, 5) is 0. The molecule has 1 aromatic heterocycles. The van der Waals surface area contributed by atoms with E-state index in [4.69, 9.17) is 0 Å². The van der Waals surface area contributed by atoms with Gasteiger partial charge in [-0.2, -0.15) is 0 Å². The predicted octanol–water partition coefficient (Wildman–Crippen LogP) is 1.46. The molecule has 0 bridgehead atoms. The third kappa shape index (κ3) is 1.57. The van der Waals surface area contributed by atoms with Crippen molar-refractivity contribution in [3.8, 4) is 0 Å². The van der Waals surface area contributed by atoms with Crippen LogP contribution in [0.4, 0.5) is 0 Å². The first-order valence-electron chi connectivity index (χ1n) is 5.43. The fourth-order valence-electron chi connectivity index (χ4n) is 3.00. The topological polar surface area (TPSA) is 50.9 Å². The lowest BCUT2D eigenvalue weighted by atomic mass is 9.87. The van der Waals surface area contributed by atoms with E-state index in [1.54, 1.807) is 10.9 Å². The second-order valence-electron chi connectivity index (χ2n) is 5.61. The second kappa shape index (κ2) is 3.04. The Labute approximate surface area is 90.3 Å². The Morgan fingerprint density at radius 2 is 2.20 bits per heavy atom. The Morgan fingerprint density at radius 1 is 1.53 bits per heavy atom. The summed E-state index contributed by atoms with van der Waals surface area (Å²) < 4.78 is 1.68. The first kappa shape index (κ1) is 10.6. The Bertz CT molecular complexity index is 372. The van der Waals surface area contributed by atoms with Crippen LogP contribution in [0.25, 0.3) is 0 Å². The van der Waals surface area contributed by atoms with E-state index >= 15 is 0 Å². The van der Waals surface area contributed by atoms with Crippen molar-refractivity contribution in [3.63, 3.8) is 0 Å². The number of aromatic nitrogens is 3. The number of rotatable bonds is 1. The van der Waals surface area contributed by atoms with Gasteiger partial charge >= 0.3 is 0 Å². The third-order valence-electron chi connectivity index (χ3n) is 3.58. The van der Waals surface area contributed by atoms with Gasteiger partial charge in [0.25, 0.3) is 0 Å². The van der Waals surface area contributed by atoms with Crippen LogP contribution in [-0.2, 0) is 12.6 Å². The molecule has 15 heavy (non-hydrogen) atoms. The molecule has 4 nitrogen and oxygen atoms in total. The fourth-order valence-corrected chi connectivity index (χ4v) is 3.00. The summed E-state index contributed by atoms with van der Waals surface area (Å²) in [6.45, 7) is 6.50. The van der Waals surface area contributed by atoms with Crippen LogP contribution in [0.2, 0.25) is 0 Å². The van der Waals surface area contributed by atoms with Gasteiger partial charge < -0.3 is 5.11 Å². The van der Waals surface area contributed by atoms with Gasteiger partial charge in [-0.05, 0) is 24.2 Å². The molecule has 2 rings (SSSR count). The largest absolute Gasteiger partial charge is 0.383 e. The summed E-state index contributed by atoms with van der Waals surface area (Å²) >= 11 is 0. The van der Waals surface area contributed by atoms with Gasteiger partial charge in [-0.1, -0.05) is 26.0 Å². The van der Waals surface area contributed by atoms with Crippen LogP contribution in [0, 0.1) is 11.3 Å². The van der Waals surface area contributed by atoms with Crippen molar-refractivity contribution in [1.29, 1.82) is 0 Å². The first-order valence-corrected chi connectivity index (χ1v) is 5.43. The predicted molar refractivity (Wildman–Crippen MR) is 57.1 cm³/mol. The van der Waals surface area contributed by atoms with Gasteiger partial charge in [-0.25, -0.2) is 4.68 Å². The molecule has 0 aliphatic heterocycles. The first-order chi connectivity index (χ1) is 6.85. The molecule has 0 radical (unpaired) electrons. The van der Waals surface area contributed by atoms with E-state index in [1.807, 2.05) is 7.05 Å². The highest BCUT2D eigenvalue weighted by atomic mass is 16.3. The molecule has 4 heteroatoms. The van der Waals surface area contributed by atoms with E-state index < -0.39 is 5.60 Å². The second-order valence-corrected chi connectivity index (χ2v) is 5.61. The van der Waals surface area contributed by atoms with Gasteiger partial charge in [0.1, 0.15) is 5.60 Å². The Morgan fingerprint density at radius 3 is 2.60 bits per heavy atom. The molecule has 1 heterocycles. The van der Waals surface area contributed by atoms with E-state index in [9.17, 15) is 5.11 Å². The van der Waals surface area contributed by atoms with E-state index in [1.165, 1.54) is 0 Å². The molecular weight excluding hydrogens is 190 g/mol.